The number of benzene rings is 3. The van der Waals surface area contributed by atoms with Crippen molar-refractivity contribution < 1.29 is 4.79 Å². The predicted octanol–water partition coefficient (Wildman–Crippen LogP) is 7.24. The average molecular weight is 518 g/mol. The van der Waals surface area contributed by atoms with Crippen molar-refractivity contribution in [1.82, 2.24) is 15.0 Å². The third kappa shape index (κ3) is 7.10. The highest BCUT2D eigenvalue weighted by atomic mass is 32.2. The predicted molar refractivity (Wildman–Crippen MR) is 154 cm³/mol. The number of carbonyl (C=O) groups is 1. The maximum absolute atomic E-state index is 12.5. The largest absolute Gasteiger partial charge is 0.388 e. The van der Waals surface area contributed by atoms with Crippen molar-refractivity contribution in [2.45, 2.75) is 37.8 Å². The zero-order chi connectivity index (χ0) is 25.5. The second-order valence-electron chi connectivity index (χ2n) is 9.32. The summed E-state index contributed by atoms with van der Waals surface area (Å²) in [6.45, 7) is 6.84. The molecule has 6 nitrogen and oxygen atoms in total. The summed E-state index contributed by atoms with van der Waals surface area (Å²) in [5.41, 5.74) is 4.93. The highest BCUT2D eigenvalue weighted by Crippen LogP contribution is 2.38. The van der Waals surface area contributed by atoms with Gasteiger partial charge in [0.05, 0.1) is 4.88 Å². The lowest BCUT2D eigenvalue weighted by Crippen LogP contribution is -2.30. The molecule has 4 rings (SSSR count). The summed E-state index contributed by atoms with van der Waals surface area (Å²) in [6, 6.07) is 23.8. The van der Waals surface area contributed by atoms with Gasteiger partial charge in [0.2, 0.25) is 0 Å². The van der Waals surface area contributed by atoms with E-state index < -0.39 is 0 Å². The summed E-state index contributed by atoms with van der Waals surface area (Å²) in [7, 11) is 1.91. The first-order valence-corrected chi connectivity index (χ1v) is 13.4. The standard InChI is InChI=1S/C28H31N5OS2/c1-28(2,3)33-36-24-16-22(32-27(34)31-17-19-8-6-5-7-9-19)14-15-23(24)25-18-30-26(35-25)20-10-12-21(29-4)13-11-20/h5-16,18,29,33H,17H2,1-4H3,(H2,31,32,34). The zero-order valence-corrected chi connectivity index (χ0v) is 22.5. The Morgan fingerprint density at radius 1 is 0.972 bits per heavy atom. The van der Waals surface area contributed by atoms with E-state index in [9.17, 15) is 4.79 Å². The maximum atomic E-state index is 12.5. The van der Waals surface area contributed by atoms with E-state index in [0.717, 1.165) is 42.8 Å². The van der Waals surface area contributed by atoms with Crippen molar-refractivity contribution in [1.29, 1.82) is 0 Å². The Hall–Kier alpha value is -3.33. The number of urea groups is 1. The van der Waals surface area contributed by atoms with Crippen LogP contribution in [0.4, 0.5) is 16.2 Å². The minimum absolute atomic E-state index is 0.0770. The number of hydrogen-bond donors (Lipinski definition) is 4. The van der Waals surface area contributed by atoms with E-state index in [1.54, 1.807) is 23.3 Å². The van der Waals surface area contributed by atoms with Gasteiger partial charge in [-0.15, -0.1) is 11.3 Å². The Labute approximate surface area is 221 Å². The first-order valence-electron chi connectivity index (χ1n) is 11.7. The molecule has 0 radical (unpaired) electrons. The van der Waals surface area contributed by atoms with Gasteiger partial charge in [0.25, 0.3) is 0 Å². The molecule has 0 spiro atoms. The molecule has 4 aromatic rings. The Balaban J connectivity index is 1.53. The number of thiazole rings is 1. The van der Waals surface area contributed by atoms with Crippen molar-refractivity contribution in [2.75, 3.05) is 17.7 Å². The molecule has 0 saturated carbocycles. The van der Waals surface area contributed by atoms with Crippen LogP contribution in [0.25, 0.3) is 21.0 Å². The van der Waals surface area contributed by atoms with E-state index >= 15 is 0 Å². The average Bonchev–Trinajstić information content (AvgIpc) is 3.37. The molecule has 2 amide bonds. The van der Waals surface area contributed by atoms with Gasteiger partial charge in [-0.2, -0.15) is 0 Å². The van der Waals surface area contributed by atoms with E-state index in [-0.39, 0.29) is 11.6 Å². The van der Waals surface area contributed by atoms with Gasteiger partial charge in [0, 0.05) is 52.7 Å². The molecule has 0 atom stereocenters. The van der Waals surface area contributed by atoms with E-state index in [1.807, 2.05) is 73.9 Å². The Morgan fingerprint density at radius 2 is 1.69 bits per heavy atom. The van der Waals surface area contributed by atoms with Gasteiger partial charge >= 0.3 is 6.03 Å². The van der Waals surface area contributed by atoms with Crippen LogP contribution in [0.2, 0.25) is 0 Å². The van der Waals surface area contributed by atoms with Gasteiger partial charge in [-0.1, -0.05) is 36.4 Å². The molecule has 0 bridgehead atoms. The molecular formula is C28H31N5OS2. The Kier molecular flexibility index (Phi) is 8.30. The lowest BCUT2D eigenvalue weighted by atomic mass is 10.1. The van der Waals surface area contributed by atoms with E-state index in [4.69, 9.17) is 0 Å². The van der Waals surface area contributed by atoms with Crippen LogP contribution in [0.15, 0.2) is 83.9 Å². The second kappa shape index (κ2) is 11.6. The van der Waals surface area contributed by atoms with Crippen LogP contribution in [0.5, 0.6) is 0 Å². The zero-order valence-electron chi connectivity index (χ0n) is 20.9. The van der Waals surface area contributed by atoms with Crippen molar-refractivity contribution in [3.8, 4) is 21.0 Å². The molecule has 0 fully saturated rings. The van der Waals surface area contributed by atoms with E-state index in [0.29, 0.717) is 6.54 Å². The monoisotopic (exact) mass is 517 g/mol. The Morgan fingerprint density at radius 3 is 2.39 bits per heavy atom. The SMILES string of the molecule is CNc1ccc(-c2ncc(-c3ccc(NC(=O)NCc4ccccc4)cc3SNC(C)(C)C)s2)cc1. The Bertz CT molecular complexity index is 1300. The number of amides is 2. The fourth-order valence-corrected chi connectivity index (χ4v) is 5.28. The fourth-order valence-electron chi connectivity index (χ4n) is 3.36. The van der Waals surface area contributed by atoms with E-state index in [2.05, 4.69) is 58.6 Å². The fraction of sp³-hybridized carbons (Fsp3) is 0.214. The summed E-state index contributed by atoms with van der Waals surface area (Å²) in [4.78, 5) is 19.3. The molecule has 36 heavy (non-hydrogen) atoms. The van der Waals surface area contributed by atoms with Gasteiger partial charge in [-0.3, -0.25) is 4.72 Å². The first-order chi connectivity index (χ1) is 17.3. The van der Waals surface area contributed by atoms with Crippen LogP contribution in [-0.4, -0.2) is 23.6 Å². The molecule has 3 aromatic carbocycles. The topological polar surface area (TPSA) is 78.1 Å². The number of aromatic nitrogens is 1. The summed E-state index contributed by atoms with van der Waals surface area (Å²) >= 11 is 3.21. The molecule has 1 heterocycles. The number of nitrogens with zero attached hydrogens (tertiary/aromatic N) is 1. The summed E-state index contributed by atoms with van der Waals surface area (Å²) in [5, 5.41) is 9.99. The highest BCUT2D eigenvalue weighted by molar-refractivity contribution is 7.97. The van der Waals surface area contributed by atoms with Crippen LogP contribution in [-0.2, 0) is 6.54 Å². The van der Waals surface area contributed by atoms with E-state index in [1.165, 1.54) is 0 Å². The molecule has 0 unspecified atom stereocenters. The smallest absolute Gasteiger partial charge is 0.319 e. The molecule has 4 N–H and O–H groups in total. The van der Waals surface area contributed by atoms with Crippen molar-refractivity contribution in [2.24, 2.45) is 0 Å². The lowest BCUT2D eigenvalue weighted by molar-refractivity contribution is 0.251. The number of anilines is 2. The second-order valence-corrected chi connectivity index (χ2v) is 11.2. The summed E-state index contributed by atoms with van der Waals surface area (Å²) in [5.74, 6) is 0. The minimum atomic E-state index is -0.239. The van der Waals surface area contributed by atoms with Crippen LogP contribution in [0, 0.1) is 0 Å². The number of carbonyl (C=O) groups excluding carboxylic acids is 1. The van der Waals surface area contributed by atoms with Gasteiger partial charge in [0.15, 0.2) is 0 Å². The molecule has 0 saturated heterocycles. The summed E-state index contributed by atoms with van der Waals surface area (Å²) < 4.78 is 3.49. The van der Waals surface area contributed by atoms with Gasteiger partial charge < -0.3 is 16.0 Å². The van der Waals surface area contributed by atoms with Crippen LogP contribution in [0.1, 0.15) is 26.3 Å². The molecular weight excluding hydrogens is 486 g/mol. The van der Waals surface area contributed by atoms with Gasteiger partial charge in [-0.25, -0.2) is 9.78 Å². The van der Waals surface area contributed by atoms with Crippen LogP contribution < -0.4 is 20.7 Å². The molecule has 186 valence electrons. The normalized spacial score (nSPS) is 11.2. The highest BCUT2D eigenvalue weighted by Gasteiger charge is 2.16. The molecule has 0 aliphatic heterocycles. The van der Waals surface area contributed by atoms with Crippen LogP contribution in [0.3, 0.4) is 0 Å². The molecule has 8 heteroatoms. The molecule has 0 aliphatic rings. The van der Waals surface area contributed by atoms with Gasteiger partial charge in [0.1, 0.15) is 5.01 Å². The van der Waals surface area contributed by atoms with Crippen LogP contribution >= 0.6 is 23.3 Å². The molecule has 0 aliphatic carbocycles. The van der Waals surface area contributed by atoms with Crippen molar-refractivity contribution in [3.05, 3.63) is 84.6 Å². The number of rotatable bonds is 8. The maximum Gasteiger partial charge on any atom is 0.319 e. The van der Waals surface area contributed by atoms with Crippen molar-refractivity contribution in [3.63, 3.8) is 0 Å². The summed E-state index contributed by atoms with van der Waals surface area (Å²) in [6.07, 6.45) is 1.92. The minimum Gasteiger partial charge on any atom is -0.388 e. The number of nitrogens with one attached hydrogen (secondary N) is 4. The quantitative estimate of drug-likeness (QED) is 0.185. The third-order valence-electron chi connectivity index (χ3n) is 5.19. The first kappa shape index (κ1) is 25.8. The van der Waals surface area contributed by atoms with Gasteiger partial charge in [-0.05, 0) is 74.7 Å². The lowest BCUT2D eigenvalue weighted by Gasteiger charge is -2.21. The molecule has 1 aromatic heterocycles. The van der Waals surface area contributed by atoms with Crippen molar-refractivity contribution >= 4 is 40.7 Å². The third-order valence-corrected chi connectivity index (χ3v) is 7.55. The number of hydrogen-bond acceptors (Lipinski definition) is 6.